The first-order valence-electron chi connectivity index (χ1n) is 6.16. The highest BCUT2D eigenvalue weighted by atomic mass is 127. The maximum Gasteiger partial charge on any atom is 0.174 e. The van der Waals surface area contributed by atoms with Crippen molar-refractivity contribution in [3.8, 4) is 11.5 Å². The molecular weight excluding hydrogens is 365 g/mol. The number of halogens is 1. The second kappa shape index (κ2) is 6.74. The topological polar surface area (TPSA) is 30.8 Å². The molecule has 2 rings (SSSR count). The first kappa shape index (κ1) is 14.8. The average Bonchev–Trinajstić information content (AvgIpc) is 2.46. The summed E-state index contributed by atoms with van der Waals surface area (Å²) in [6.45, 7) is 2.06. The molecule has 0 fully saturated rings. The van der Waals surface area contributed by atoms with Gasteiger partial charge in [-0.1, -0.05) is 17.7 Å². The number of ether oxygens (including phenoxy) is 2. The molecule has 2 aromatic rings. The van der Waals surface area contributed by atoms with Crippen LogP contribution < -0.4 is 9.47 Å². The van der Waals surface area contributed by atoms with Crippen LogP contribution in [0, 0.1) is 10.5 Å². The lowest BCUT2D eigenvalue weighted by Crippen LogP contribution is -1.95. The Morgan fingerprint density at radius 2 is 1.75 bits per heavy atom. The summed E-state index contributed by atoms with van der Waals surface area (Å²) >= 11 is 2.23. The van der Waals surface area contributed by atoms with Crippen LogP contribution in [0.1, 0.15) is 11.1 Å². The van der Waals surface area contributed by atoms with Crippen LogP contribution in [0.3, 0.4) is 0 Å². The van der Waals surface area contributed by atoms with Crippen LogP contribution in [-0.2, 0) is 0 Å². The summed E-state index contributed by atoms with van der Waals surface area (Å²) in [5.41, 5.74) is 3.14. The number of hydrogen-bond acceptors (Lipinski definition) is 3. The van der Waals surface area contributed by atoms with Gasteiger partial charge in [-0.25, -0.2) is 0 Å². The van der Waals surface area contributed by atoms with Gasteiger partial charge < -0.3 is 9.47 Å². The minimum Gasteiger partial charge on any atom is -0.493 e. The third kappa shape index (κ3) is 3.50. The molecule has 0 radical (unpaired) electrons. The largest absolute Gasteiger partial charge is 0.493 e. The first-order valence-corrected chi connectivity index (χ1v) is 7.24. The summed E-state index contributed by atoms with van der Waals surface area (Å²) in [6, 6.07) is 12.0. The van der Waals surface area contributed by atoms with Crippen molar-refractivity contribution >= 4 is 34.5 Å². The van der Waals surface area contributed by atoms with E-state index in [4.69, 9.17) is 9.47 Å². The van der Waals surface area contributed by atoms with E-state index in [1.807, 2.05) is 42.6 Å². The summed E-state index contributed by atoms with van der Waals surface area (Å²) in [6.07, 6.45) is 1.83. The van der Waals surface area contributed by atoms with Crippen molar-refractivity contribution in [1.82, 2.24) is 0 Å². The van der Waals surface area contributed by atoms with Crippen LogP contribution in [0.15, 0.2) is 41.4 Å². The molecular formula is C16H16INO2. The van der Waals surface area contributed by atoms with Gasteiger partial charge >= 0.3 is 0 Å². The van der Waals surface area contributed by atoms with Gasteiger partial charge in [0.05, 0.1) is 23.5 Å². The van der Waals surface area contributed by atoms with Gasteiger partial charge in [0, 0.05) is 6.21 Å². The summed E-state index contributed by atoms with van der Waals surface area (Å²) in [4.78, 5) is 4.46. The number of methoxy groups -OCH3 is 2. The normalized spacial score (nSPS) is 10.8. The molecule has 0 saturated carbocycles. The van der Waals surface area contributed by atoms with E-state index in [1.54, 1.807) is 14.2 Å². The van der Waals surface area contributed by atoms with Crippen LogP contribution in [0.2, 0.25) is 0 Å². The van der Waals surface area contributed by atoms with Crippen LogP contribution in [0.5, 0.6) is 11.5 Å². The van der Waals surface area contributed by atoms with Gasteiger partial charge in [0.1, 0.15) is 0 Å². The van der Waals surface area contributed by atoms with E-state index in [2.05, 4.69) is 34.5 Å². The molecule has 0 aliphatic carbocycles. The average molecular weight is 381 g/mol. The standard InChI is InChI=1S/C16H16INO2/c1-11-4-6-13(7-5-11)18-10-12-8-14(17)16(20-3)15(9-12)19-2/h4-10H,1-3H3. The smallest absolute Gasteiger partial charge is 0.174 e. The molecule has 0 saturated heterocycles. The molecule has 0 spiro atoms. The molecule has 2 aromatic carbocycles. The van der Waals surface area contributed by atoms with Crippen LogP contribution in [0.25, 0.3) is 0 Å². The zero-order valence-electron chi connectivity index (χ0n) is 11.7. The zero-order chi connectivity index (χ0) is 14.5. The van der Waals surface area contributed by atoms with Crippen molar-refractivity contribution in [3.05, 3.63) is 51.1 Å². The number of benzene rings is 2. The lowest BCUT2D eigenvalue weighted by atomic mass is 10.2. The third-order valence-corrected chi connectivity index (χ3v) is 3.65. The molecule has 0 aliphatic rings. The van der Waals surface area contributed by atoms with Gasteiger partial charge in [-0.15, -0.1) is 0 Å². The monoisotopic (exact) mass is 381 g/mol. The lowest BCUT2D eigenvalue weighted by molar-refractivity contribution is 0.353. The molecule has 0 atom stereocenters. The van der Waals surface area contributed by atoms with Crippen molar-refractivity contribution in [2.24, 2.45) is 4.99 Å². The quantitative estimate of drug-likeness (QED) is 0.582. The summed E-state index contributed by atoms with van der Waals surface area (Å²) < 4.78 is 11.7. The molecule has 0 unspecified atom stereocenters. The second-order valence-corrected chi connectivity index (χ2v) is 5.49. The van der Waals surface area contributed by atoms with Crippen molar-refractivity contribution in [2.45, 2.75) is 6.92 Å². The SMILES string of the molecule is COc1cc(C=Nc2ccc(C)cc2)cc(I)c1OC. The highest BCUT2D eigenvalue weighted by molar-refractivity contribution is 14.1. The Morgan fingerprint density at radius 3 is 2.35 bits per heavy atom. The first-order chi connectivity index (χ1) is 9.63. The Bertz CT molecular complexity index is 621. The number of aryl methyl sites for hydroxylation is 1. The molecule has 0 heterocycles. The van der Waals surface area contributed by atoms with Gasteiger partial charge in [0.25, 0.3) is 0 Å². The van der Waals surface area contributed by atoms with Crippen molar-refractivity contribution in [3.63, 3.8) is 0 Å². The maximum absolute atomic E-state index is 5.33. The Balaban J connectivity index is 2.29. The molecule has 4 heteroatoms. The lowest BCUT2D eigenvalue weighted by Gasteiger charge is -2.10. The fourth-order valence-corrected chi connectivity index (χ4v) is 2.64. The Labute approximate surface area is 132 Å². The highest BCUT2D eigenvalue weighted by Gasteiger charge is 2.09. The van der Waals surface area contributed by atoms with Crippen molar-refractivity contribution in [2.75, 3.05) is 14.2 Å². The molecule has 0 amide bonds. The van der Waals surface area contributed by atoms with E-state index in [1.165, 1.54) is 5.56 Å². The van der Waals surface area contributed by atoms with Crippen LogP contribution in [-0.4, -0.2) is 20.4 Å². The van der Waals surface area contributed by atoms with E-state index < -0.39 is 0 Å². The van der Waals surface area contributed by atoms with Gasteiger partial charge in [0.2, 0.25) is 0 Å². The van der Waals surface area contributed by atoms with Gasteiger partial charge in [-0.05, 0) is 59.3 Å². The molecule has 3 nitrogen and oxygen atoms in total. The van der Waals surface area contributed by atoms with Crippen LogP contribution >= 0.6 is 22.6 Å². The second-order valence-electron chi connectivity index (χ2n) is 4.33. The predicted octanol–water partition coefficient (Wildman–Crippen LogP) is 4.37. The maximum atomic E-state index is 5.33. The summed E-state index contributed by atoms with van der Waals surface area (Å²) in [7, 11) is 3.27. The Kier molecular flexibility index (Phi) is 5.00. The van der Waals surface area contributed by atoms with E-state index in [-0.39, 0.29) is 0 Å². The number of aliphatic imine (C=N–C) groups is 1. The molecule has 0 bridgehead atoms. The van der Waals surface area contributed by atoms with E-state index in [0.29, 0.717) is 5.75 Å². The molecule has 0 N–H and O–H groups in total. The summed E-state index contributed by atoms with van der Waals surface area (Å²) in [5, 5.41) is 0. The van der Waals surface area contributed by atoms with E-state index in [9.17, 15) is 0 Å². The number of hydrogen-bond donors (Lipinski definition) is 0. The molecule has 20 heavy (non-hydrogen) atoms. The highest BCUT2D eigenvalue weighted by Crippen LogP contribution is 2.33. The van der Waals surface area contributed by atoms with E-state index >= 15 is 0 Å². The van der Waals surface area contributed by atoms with Crippen molar-refractivity contribution in [1.29, 1.82) is 0 Å². The minimum atomic E-state index is 0.713. The number of nitrogens with zero attached hydrogens (tertiary/aromatic N) is 1. The third-order valence-electron chi connectivity index (χ3n) is 2.85. The van der Waals surface area contributed by atoms with Crippen LogP contribution in [0.4, 0.5) is 5.69 Å². The fraction of sp³-hybridized carbons (Fsp3) is 0.188. The summed E-state index contributed by atoms with van der Waals surface area (Å²) in [5.74, 6) is 1.46. The fourth-order valence-electron chi connectivity index (χ4n) is 1.79. The van der Waals surface area contributed by atoms with Gasteiger partial charge in [-0.3, -0.25) is 4.99 Å². The van der Waals surface area contributed by atoms with Crippen molar-refractivity contribution < 1.29 is 9.47 Å². The number of rotatable bonds is 4. The Hall–Kier alpha value is -1.56. The molecule has 0 aromatic heterocycles. The zero-order valence-corrected chi connectivity index (χ0v) is 13.8. The van der Waals surface area contributed by atoms with Gasteiger partial charge in [-0.2, -0.15) is 0 Å². The van der Waals surface area contributed by atoms with Gasteiger partial charge in [0.15, 0.2) is 11.5 Å². The van der Waals surface area contributed by atoms with E-state index in [0.717, 1.165) is 20.6 Å². The molecule has 104 valence electrons. The minimum absolute atomic E-state index is 0.713. The predicted molar refractivity (Wildman–Crippen MR) is 90.7 cm³/mol. The molecule has 0 aliphatic heterocycles. The Morgan fingerprint density at radius 1 is 1.05 bits per heavy atom.